The first-order chi connectivity index (χ1) is 17.2. The molecule has 0 bridgehead atoms. The van der Waals surface area contributed by atoms with Gasteiger partial charge in [0.1, 0.15) is 11.6 Å². The second-order valence-electron chi connectivity index (χ2n) is 9.69. The SMILES string of the molecule is COc1ccc2c(c1)NC(=O)C2CC(=O)N1CC(=O)N(CC(C)C)CC(OCc2ccccc2F)C1. The first-order valence-corrected chi connectivity index (χ1v) is 12.1. The van der Waals surface area contributed by atoms with Gasteiger partial charge in [-0.1, -0.05) is 38.1 Å². The van der Waals surface area contributed by atoms with E-state index in [0.29, 0.717) is 30.1 Å². The summed E-state index contributed by atoms with van der Waals surface area (Å²) in [5, 5.41) is 2.81. The largest absolute Gasteiger partial charge is 0.497 e. The van der Waals surface area contributed by atoms with Crippen molar-refractivity contribution in [3.63, 3.8) is 0 Å². The van der Waals surface area contributed by atoms with Gasteiger partial charge in [0.15, 0.2) is 0 Å². The van der Waals surface area contributed by atoms with Crippen molar-refractivity contribution >= 4 is 23.4 Å². The van der Waals surface area contributed by atoms with Crippen molar-refractivity contribution in [1.82, 2.24) is 9.80 Å². The van der Waals surface area contributed by atoms with Gasteiger partial charge >= 0.3 is 0 Å². The average molecular weight is 498 g/mol. The molecule has 0 saturated carbocycles. The van der Waals surface area contributed by atoms with Crippen LogP contribution >= 0.6 is 0 Å². The van der Waals surface area contributed by atoms with Crippen molar-refractivity contribution < 1.29 is 28.2 Å². The third-order valence-electron chi connectivity index (χ3n) is 6.49. The fourth-order valence-corrected chi connectivity index (χ4v) is 4.66. The molecule has 2 aliphatic rings. The molecular weight excluding hydrogens is 465 g/mol. The van der Waals surface area contributed by atoms with Crippen molar-refractivity contribution in [1.29, 1.82) is 0 Å². The summed E-state index contributed by atoms with van der Waals surface area (Å²) >= 11 is 0. The lowest BCUT2D eigenvalue weighted by Crippen LogP contribution is -2.41. The molecule has 0 aliphatic carbocycles. The zero-order valence-corrected chi connectivity index (χ0v) is 20.8. The molecule has 2 atom stereocenters. The first-order valence-electron chi connectivity index (χ1n) is 12.1. The van der Waals surface area contributed by atoms with E-state index in [4.69, 9.17) is 9.47 Å². The zero-order chi connectivity index (χ0) is 25.8. The molecule has 0 radical (unpaired) electrons. The quantitative estimate of drug-likeness (QED) is 0.605. The van der Waals surface area contributed by atoms with Crippen molar-refractivity contribution in [2.75, 3.05) is 38.6 Å². The van der Waals surface area contributed by atoms with Crippen LogP contribution in [0.2, 0.25) is 0 Å². The summed E-state index contributed by atoms with van der Waals surface area (Å²) < 4.78 is 25.4. The van der Waals surface area contributed by atoms with Gasteiger partial charge in [-0.2, -0.15) is 0 Å². The molecule has 8 nitrogen and oxygen atoms in total. The van der Waals surface area contributed by atoms with E-state index in [2.05, 4.69) is 5.32 Å². The van der Waals surface area contributed by atoms with Crippen LogP contribution in [0.5, 0.6) is 5.75 Å². The van der Waals surface area contributed by atoms with E-state index in [1.807, 2.05) is 13.8 Å². The summed E-state index contributed by atoms with van der Waals surface area (Å²) in [4.78, 5) is 42.2. The number of nitrogens with zero attached hydrogens (tertiary/aromatic N) is 2. The lowest BCUT2D eigenvalue weighted by Gasteiger charge is -2.26. The van der Waals surface area contributed by atoms with E-state index in [-0.39, 0.29) is 55.6 Å². The lowest BCUT2D eigenvalue weighted by atomic mass is 9.96. The van der Waals surface area contributed by atoms with Crippen LogP contribution in [0.4, 0.5) is 10.1 Å². The highest BCUT2D eigenvalue weighted by Gasteiger charge is 2.36. The van der Waals surface area contributed by atoms with Crippen molar-refractivity contribution in [3.05, 3.63) is 59.4 Å². The minimum atomic E-state index is -0.652. The molecule has 2 unspecified atom stereocenters. The fraction of sp³-hybridized carbons (Fsp3) is 0.444. The number of halogens is 1. The van der Waals surface area contributed by atoms with E-state index in [9.17, 15) is 18.8 Å². The highest BCUT2D eigenvalue weighted by molar-refractivity contribution is 6.05. The highest BCUT2D eigenvalue weighted by Crippen LogP contribution is 2.37. The number of carbonyl (C=O) groups is 3. The molecule has 0 spiro atoms. The van der Waals surface area contributed by atoms with Crippen LogP contribution in [0.15, 0.2) is 42.5 Å². The summed E-state index contributed by atoms with van der Waals surface area (Å²) in [6.07, 6.45) is -0.560. The standard InChI is InChI=1S/C27H32FN3O5/c1-17(2)12-30-13-20(36-16-18-6-4-5-7-23(18)28)14-31(15-26(30)33)25(32)11-22-21-9-8-19(35-3)10-24(21)29-27(22)34/h4-10,17,20,22H,11-16H2,1-3H3,(H,29,34). The fourth-order valence-electron chi connectivity index (χ4n) is 4.66. The number of hydrogen-bond donors (Lipinski definition) is 1. The van der Waals surface area contributed by atoms with E-state index >= 15 is 0 Å². The van der Waals surface area contributed by atoms with Gasteiger partial charge in [0, 0.05) is 43.4 Å². The second kappa shape index (κ2) is 11.1. The maximum Gasteiger partial charge on any atom is 0.242 e. The average Bonchev–Trinajstić information content (AvgIpc) is 3.05. The van der Waals surface area contributed by atoms with Crippen molar-refractivity contribution in [2.24, 2.45) is 5.92 Å². The molecule has 1 saturated heterocycles. The van der Waals surface area contributed by atoms with Crippen molar-refractivity contribution in [3.8, 4) is 5.75 Å². The van der Waals surface area contributed by atoms with E-state index in [1.54, 1.807) is 48.4 Å². The van der Waals surface area contributed by atoms with Crippen molar-refractivity contribution in [2.45, 2.75) is 38.9 Å². The summed E-state index contributed by atoms with van der Waals surface area (Å²) in [6, 6.07) is 11.6. The molecule has 192 valence electrons. The van der Waals surface area contributed by atoms with Crippen LogP contribution in [0.1, 0.15) is 37.3 Å². The van der Waals surface area contributed by atoms with Gasteiger partial charge < -0.3 is 24.6 Å². The number of amides is 3. The molecule has 2 aliphatic heterocycles. The molecule has 3 amide bonds. The molecule has 1 N–H and O–H groups in total. The van der Waals surface area contributed by atoms with Crippen LogP contribution in [0.25, 0.3) is 0 Å². The maximum absolute atomic E-state index is 14.1. The topological polar surface area (TPSA) is 88.2 Å². The Labute approximate surface area is 210 Å². The summed E-state index contributed by atoms with van der Waals surface area (Å²) in [7, 11) is 1.54. The first kappa shape index (κ1) is 25.6. The van der Waals surface area contributed by atoms with Crippen LogP contribution < -0.4 is 10.1 Å². The molecule has 36 heavy (non-hydrogen) atoms. The minimum Gasteiger partial charge on any atom is -0.497 e. The number of anilines is 1. The number of benzene rings is 2. The number of methoxy groups -OCH3 is 1. The molecule has 4 rings (SSSR count). The normalized spacial score (nSPS) is 19.8. The molecule has 2 heterocycles. The predicted octanol–water partition coefficient (Wildman–Crippen LogP) is 3.17. The smallest absolute Gasteiger partial charge is 0.242 e. The maximum atomic E-state index is 14.1. The van der Waals surface area contributed by atoms with Crippen LogP contribution in [-0.2, 0) is 25.7 Å². The molecular formula is C27H32FN3O5. The second-order valence-corrected chi connectivity index (χ2v) is 9.69. The molecule has 2 aromatic carbocycles. The van der Waals surface area contributed by atoms with Gasteiger partial charge in [-0.15, -0.1) is 0 Å². The Morgan fingerprint density at radius 3 is 2.67 bits per heavy atom. The van der Waals surface area contributed by atoms with Gasteiger partial charge in [-0.05, 0) is 23.6 Å². The Morgan fingerprint density at radius 1 is 1.17 bits per heavy atom. The molecule has 0 aromatic heterocycles. The van der Waals surface area contributed by atoms with Crippen LogP contribution in [0.3, 0.4) is 0 Å². The van der Waals surface area contributed by atoms with Gasteiger partial charge in [0.05, 0.1) is 32.3 Å². The number of fused-ring (bicyclic) bond motifs is 1. The zero-order valence-electron chi connectivity index (χ0n) is 20.8. The summed E-state index contributed by atoms with van der Waals surface area (Å²) in [5.74, 6) is -0.911. The number of carbonyl (C=O) groups excluding carboxylic acids is 3. The number of hydrogen-bond acceptors (Lipinski definition) is 5. The Morgan fingerprint density at radius 2 is 1.94 bits per heavy atom. The molecule has 2 aromatic rings. The monoisotopic (exact) mass is 497 g/mol. The lowest BCUT2D eigenvalue weighted by molar-refractivity contribution is -0.139. The highest BCUT2D eigenvalue weighted by atomic mass is 19.1. The van der Waals surface area contributed by atoms with E-state index in [0.717, 1.165) is 5.56 Å². The molecule has 1 fully saturated rings. The molecule has 9 heteroatoms. The van der Waals surface area contributed by atoms with E-state index in [1.165, 1.54) is 11.0 Å². The Hall–Kier alpha value is -3.46. The minimum absolute atomic E-state index is 0.0311. The summed E-state index contributed by atoms with van der Waals surface area (Å²) in [5.41, 5.74) is 1.76. The van der Waals surface area contributed by atoms with Gasteiger partial charge in [-0.3, -0.25) is 14.4 Å². The number of ether oxygens (including phenoxy) is 2. The van der Waals surface area contributed by atoms with Gasteiger partial charge in [0.2, 0.25) is 17.7 Å². The van der Waals surface area contributed by atoms with Crippen LogP contribution in [-0.4, -0.2) is 66.9 Å². The summed E-state index contributed by atoms with van der Waals surface area (Å²) in [6.45, 7) is 4.99. The van der Waals surface area contributed by atoms with Crippen LogP contribution in [0, 0.1) is 11.7 Å². The third-order valence-corrected chi connectivity index (χ3v) is 6.49. The van der Waals surface area contributed by atoms with Gasteiger partial charge in [-0.25, -0.2) is 4.39 Å². The van der Waals surface area contributed by atoms with Gasteiger partial charge in [0.25, 0.3) is 0 Å². The van der Waals surface area contributed by atoms with E-state index < -0.39 is 12.0 Å². The number of nitrogens with one attached hydrogen (secondary N) is 1. The Bertz CT molecular complexity index is 1140. The third kappa shape index (κ3) is 5.84. The predicted molar refractivity (Wildman–Crippen MR) is 132 cm³/mol. The Balaban J connectivity index is 1.49. The number of rotatable bonds is 8. The Kier molecular flexibility index (Phi) is 7.88.